The van der Waals surface area contributed by atoms with E-state index in [9.17, 15) is 24.5 Å². The van der Waals surface area contributed by atoms with Crippen molar-refractivity contribution >= 4 is 23.2 Å². The summed E-state index contributed by atoms with van der Waals surface area (Å²) >= 11 is 0. The van der Waals surface area contributed by atoms with Gasteiger partial charge in [0.05, 0.1) is 11.1 Å². The van der Waals surface area contributed by atoms with Gasteiger partial charge in [-0.15, -0.1) is 0 Å². The first-order valence-corrected chi connectivity index (χ1v) is 6.87. The van der Waals surface area contributed by atoms with Crippen LogP contribution in [0.2, 0.25) is 0 Å². The van der Waals surface area contributed by atoms with Gasteiger partial charge in [0.1, 0.15) is 6.54 Å². The van der Waals surface area contributed by atoms with E-state index >= 15 is 0 Å². The third kappa shape index (κ3) is 4.03. The molecule has 0 fully saturated rings. The van der Waals surface area contributed by atoms with Crippen molar-refractivity contribution in [3.63, 3.8) is 0 Å². The highest BCUT2D eigenvalue weighted by molar-refractivity contribution is 5.97. The molecule has 2 aromatic rings. The number of pyridine rings is 1. The summed E-state index contributed by atoms with van der Waals surface area (Å²) in [6, 6.07) is 8.34. The van der Waals surface area contributed by atoms with Gasteiger partial charge in [-0.1, -0.05) is 6.07 Å². The minimum absolute atomic E-state index is 0.288. The normalized spacial score (nSPS) is 10.0. The number of nitrogens with zero attached hydrogens (tertiary/aromatic N) is 2. The van der Waals surface area contributed by atoms with Gasteiger partial charge in [-0.05, 0) is 18.2 Å². The zero-order valence-electron chi connectivity index (χ0n) is 12.7. The van der Waals surface area contributed by atoms with Crippen molar-refractivity contribution < 1.29 is 14.5 Å². The van der Waals surface area contributed by atoms with Crippen LogP contribution in [0.5, 0.6) is 0 Å². The molecule has 0 aliphatic carbocycles. The molecule has 0 spiro atoms. The van der Waals surface area contributed by atoms with Gasteiger partial charge >= 0.3 is 0 Å². The summed E-state index contributed by atoms with van der Waals surface area (Å²) in [6.07, 6.45) is 1.00. The molecule has 0 radical (unpaired) electrons. The van der Waals surface area contributed by atoms with E-state index in [1.807, 2.05) is 0 Å². The molecule has 1 heterocycles. The number of nitro groups is 1. The van der Waals surface area contributed by atoms with Crippen molar-refractivity contribution in [2.24, 2.45) is 0 Å². The Labute approximate surface area is 136 Å². The van der Waals surface area contributed by atoms with E-state index < -0.39 is 16.4 Å². The summed E-state index contributed by atoms with van der Waals surface area (Å²) in [5.41, 5.74) is -0.0822. The largest absolute Gasteiger partial charge is 0.355 e. The van der Waals surface area contributed by atoms with Crippen molar-refractivity contribution in [3.8, 4) is 0 Å². The van der Waals surface area contributed by atoms with Crippen molar-refractivity contribution in [2.45, 2.75) is 6.54 Å². The zero-order chi connectivity index (χ0) is 17.7. The average Bonchev–Trinajstić information content (AvgIpc) is 2.56. The second-order valence-electron chi connectivity index (χ2n) is 4.82. The number of carbonyl (C=O) groups excluding carboxylic acids is 2. The van der Waals surface area contributed by atoms with Crippen LogP contribution in [0.1, 0.15) is 10.4 Å². The Morgan fingerprint density at radius 2 is 2.00 bits per heavy atom. The van der Waals surface area contributed by atoms with Crippen LogP contribution >= 0.6 is 0 Å². The predicted molar refractivity (Wildman–Crippen MR) is 85.8 cm³/mol. The summed E-state index contributed by atoms with van der Waals surface area (Å²) < 4.78 is 0.941. The maximum Gasteiger partial charge on any atom is 0.285 e. The Morgan fingerprint density at radius 1 is 1.25 bits per heavy atom. The first kappa shape index (κ1) is 16.9. The third-order valence-electron chi connectivity index (χ3n) is 3.13. The van der Waals surface area contributed by atoms with Gasteiger partial charge in [-0.3, -0.25) is 29.1 Å². The van der Waals surface area contributed by atoms with Gasteiger partial charge in [-0.2, -0.15) is 0 Å². The van der Waals surface area contributed by atoms with Crippen LogP contribution in [0.3, 0.4) is 0 Å². The molecule has 9 heteroatoms. The van der Waals surface area contributed by atoms with Crippen LogP contribution in [-0.4, -0.2) is 28.4 Å². The molecule has 2 amide bonds. The Hall–Kier alpha value is -3.49. The standard InChI is InChI=1S/C15H14N4O5/c1-16-15(22)10-3-2-4-11(7-10)17-13(20)9-18-8-12(19(23)24)5-6-14(18)21/h2-8H,9H2,1H3,(H,16,22)(H,17,20). The maximum absolute atomic E-state index is 12.0. The van der Waals surface area contributed by atoms with Crippen LogP contribution < -0.4 is 16.2 Å². The van der Waals surface area contributed by atoms with Crippen molar-refractivity contribution in [3.05, 3.63) is 68.6 Å². The molecule has 0 aliphatic heterocycles. The molecule has 24 heavy (non-hydrogen) atoms. The van der Waals surface area contributed by atoms with E-state index in [-0.39, 0.29) is 18.1 Å². The molecule has 1 aromatic carbocycles. The van der Waals surface area contributed by atoms with Gasteiger partial charge < -0.3 is 10.6 Å². The smallest absolute Gasteiger partial charge is 0.285 e. The Bertz CT molecular complexity index is 859. The lowest BCUT2D eigenvalue weighted by atomic mass is 10.2. The highest BCUT2D eigenvalue weighted by Crippen LogP contribution is 2.11. The van der Waals surface area contributed by atoms with Crippen molar-refractivity contribution in [2.75, 3.05) is 12.4 Å². The summed E-state index contributed by atoms with van der Waals surface area (Å²) in [4.78, 5) is 45.3. The molecule has 0 atom stereocenters. The number of aromatic nitrogens is 1. The third-order valence-corrected chi connectivity index (χ3v) is 3.13. The van der Waals surface area contributed by atoms with Crippen LogP contribution in [0.25, 0.3) is 0 Å². The van der Waals surface area contributed by atoms with Crippen LogP contribution in [-0.2, 0) is 11.3 Å². The van der Waals surface area contributed by atoms with E-state index in [4.69, 9.17) is 0 Å². The highest BCUT2D eigenvalue weighted by Gasteiger charge is 2.11. The Balaban J connectivity index is 2.14. The molecule has 9 nitrogen and oxygen atoms in total. The molecule has 124 valence electrons. The second kappa shape index (κ2) is 7.18. The topological polar surface area (TPSA) is 123 Å². The number of nitrogens with one attached hydrogen (secondary N) is 2. The van der Waals surface area contributed by atoms with Crippen molar-refractivity contribution in [1.82, 2.24) is 9.88 Å². The molecule has 0 saturated heterocycles. The predicted octanol–water partition coefficient (Wildman–Crippen LogP) is 0.755. The van der Waals surface area contributed by atoms with E-state index in [2.05, 4.69) is 10.6 Å². The first-order chi connectivity index (χ1) is 11.4. The molecule has 0 saturated carbocycles. The number of rotatable bonds is 5. The maximum atomic E-state index is 12.0. The summed E-state index contributed by atoms with van der Waals surface area (Å²) in [7, 11) is 1.49. The molecule has 2 N–H and O–H groups in total. The first-order valence-electron chi connectivity index (χ1n) is 6.87. The fraction of sp³-hybridized carbons (Fsp3) is 0.133. The molecular formula is C15H14N4O5. The summed E-state index contributed by atoms with van der Waals surface area (Å²) in [6.45, 7) is -0.384. The zero-order valence-corrected chi connectivity index (χ0v) is 12.7. The highest BCUT2D eigenvalue weighted by atomic mass is 16.6. The Morgan fingerprint density at radius 3 is 2.67 bits per heavy atom. The SMILES string of the molecule is CNC(=O)c1cccc(NC(=O)Cn2cc([N+](=O)[O-])ccc2=O)c1. The number of carbonyl (C=O) groups is 2. The number of benzene rings is 1. The number of amides is 2. The Kier molecular flexibility index (Phi) is 5.05. The van der Waals surface area contributed by atoms with Crippen LogP contribution in [0.15, 0.2) is 47.4 Å². The number of hydrogen-bond acceptors (Lipinski definition) is 5. The fourth-order valence-electron chi connectivity index (χ4n) is 1.99. The molecular weight excluding hydrogens is 316 g/mol. The van der Waals surface area contributed by atoms with Gasteiger partial charge in [0.25, 0.3) is 17.2 Å². The summed E-state index contributed by atoms with van der Waals surface area (Å²) in [5.74, 6) is -0.854. The quantitative estimate of drug-likeness (QED) is 0.618. The van der Waals surface area contributed by atoms with E-state index in [1.165, 1.54) is 13.1 Å². The van der Waals surface area contributed by atoms with Gasteiger partial charge in [0.15, 0.2) is 0 Å². The summed E-state index contributed by atoms with van der Waals surface area (Å²) in [5, 5.41) is 15.7. The monoisotopic (exact) mass is 330 g/mol. The average molecular weight is 330 g/mol. The molecule has 0 bridgehead atoms. The molecule has 1 aromatic heterocycles. The van der Waals surface area contributed by atoms with E-state index in [0.717, 1.165) is 22.9 Å². The molecule has 0 aliphatic rings. The number of anilines is 1. The van der Waals surface area contributed by atoms with E-state index in [0.29, 0.717) is 11.3 Å². The van der Waals surface area contributed by atoms with Crippen LogP contribution in [0.4, 0.5) is 11.4 Å². The van der Waals surface area contributed by atoms with Crippen LogP contribution in [0, 0.1) is 10.1 Å². The van der Waals surface area contributed by atoms with E-state index in [1.54, 1.807) is 18.2 Å². The lowest BCUT2D eigenvalue weighted by Crippen LogP contribution is -2.27. The fourth-order valence-corrected chi connectivity index (χ4v) is 1.99. The lowest BCUT2D eigenvalue weighted by molar-refractivity contribution is -0.385. The van der Waals surface area contributed by atoms with Gasteiger partial charge in [-0.25, -0.2) is 0 Å². The van der Waals surface area contributed by atoms with Crippen molar-refractivity contribution in [1.29, 1.82) is 0 Å². The lowest BCUT2D eigenvalue weighted by Gasteiger charge is -2.08. The second-order valence-corrected chi connectivity index (χ2v) is 4.82. The van der Waals surface area contributed by atoms with Gasteiger partial charge in [0.2, 0.25) is 5.91 Å². The molecule has 2 rings (SSSR count). The minimum atomic E-state index is -0.652. The minimum Gasteiger partial charge on any atom is -0.355 e. The van der Waals surface area contributed by atoms with Gasteiger partial charge in [0, 0.05) is 30.4 Å². The molecule has 0 unspecified atom stereocenters. The number of hydrogen-bond donors (Lipinski definition) is 2.